The largest absolute Gasteiger partial charge is 0.332 e. The molecule has 120 valence electrons. The van der Waals surface area contributed by atoms with Gasteiger partial charge in [0.15, 0.2) is 5.03 Å². The van der Waals surface area contributed by atoms with Crippen LogP contribution in [0.2, 0.25) is 0 Å². The summed E-state index contributed by atoms with van der Waals surface area (Å²) in [6.07, 6.45) is 4.75. The standard InChI is InChI=1S/C15H22N4O2S/c1-5-19(12(4)13-7-6-8-16-9-13)22(20,21)14-10-17-15(18-14)11(2)3/h6-12H,5H2,1-4H3,(H,17,18)/t12-/m0/s1. The van der Waals surface area contributed by atoms with Gasteiger partial charge in [-0.25, -0.2) is 13.4 Å². The zero-order valence-corrected chi connectivity index (χ0v) is 14.1. The minimum absolute atomic E-state index is 0.133. The summed E-state index contributed by atoms with van der Waals surface area (Å²) in [6.45, 7) is 7.98. The molecule has 0 amide bonds. The number of pyridine rings is 1. The Labute approximate surface area is 131 Å². The molecule has 0 aliphatic rings. The summed E-state index contributed by atoms with van der Waals surface area (Å²) in [6, 6.07) is 3.39. The molecule has 0 bridgehead atoms. The Kier molecular flexibility index (Phi) is 4.97. The van der Waals surface area contributed by atoms with Gasteiger partial charge in [0.25, 0.3) is 10.0 Å². The number of sulfonamides is 1. The van der Waals surface area contributed by atoms with Gasteiger partial charge in [-0.05, 0) is 18.6 Å². The van der Waals surface area contributed by atoms with Gasteiger partial charge in [0, 0.05) is 30.9 Å². The van der Waals surface area contributed by atoms with E-state index in [1.165, 1.54) is 10.5 Å². The molecule has 0 aliphatic carbocycles. The lowest BCUT2D eigenvalue weighted by molar-refractivity contribution is 0.355. The molecule has 2 rings (SSSR count). The Hall–Kier alpha value is -1.73. The van der Waals surface area contributed by atoms with Crippen LogP contribution in [0.15, 0.2) is 35.7 Å². The minimum atomic E-state index is -3.62. The average Bonchev–Trinajstić information content (AvgIpc) is 2.99. The van der Waals surface area contributed by atoms with Gasteiger partial charge >= 0.3 is 0 Å². The molecule has 2 aromatic heterocycles. The highest BCUT2D eigenvalue weighted by atomic mass is 32.2. The van der Waals surface area contributed by atoms with Gasteiger partial charge in [-0.15, -0.1) is 0 Å². The normalized spacial score (nSPS) is 13.7. The molecule has 0 saturated carbocycles. The molecule has 2 aromatic rings. The van der Waals surface area contributed by atoms with E-state index in [1.54, 1.807) is 18.5 Å². The molecule has 1 N–H and O–H groups in total. The predicted molar refractivity (Wildman–Crippen MR) is 84.9 cm³/mol. The molecule has 2 heterocycles. The lowest BCUT2D eigenvalue weighted by Crippen LogP contribution is -2.33. The Balaban J connectivity index is 2.36. The summed E-state index contributed by atoms with van der Waals surface area (Å²) >= 11 is 0. The van der Waals surface area contributed by atoms with E-state index in [1.807, 2.05) is 33.8 Å². The van der Waals surface area contributed by atoms with Crippen molar-refractivity contribution in [2.24, 2.45) is 0 Å². The first-order valence-electron chi connectivity index (χ1n) is 7.34. The average molecular weight is 322 g/mol. The SMILES string of the molecule is CCN([C@@H](C)c1cccnc1)S(=O)(=O)c1cnc(C(C)C)[nH]1. The Morgan fingerprint density at radius 1 is 1.27 bits per heavy atom. The molecule has 7 heteroatoms. The van der Waals surface area contributed by atoms with Crippen LogP contribution in [0.25, 0.3) is 0 Å². The summed E-state index contributed by atoms with van der Waals surface area (Å²) in [7, 11) is -3.62. The van der Waals surface area contributed by atoms with E-state index in [-0.39, 0.29) is 17.0 Å². The number of nitrogens with zero attached hydrogens (tertiary/aromatic N) is 3. The molecule has 1 atom stereocenters. The molecule has 0 spiro atoms. The van der Waals surface area contributed by atoms with E-state index >= 15 is 0 Å². The molecule has 0 saturated heterocycles. The summed E-state index contributed by atoms with van der Waals surface area (Å²) in [5, 5.41) is 0.133. The van der Waals surface area contributed by atoms with Crippen LogP contribution in [0.4, 0.5) is 0 Å². The third-order valence-corrected chi connectivity index (χ3v) is 5.57. The smallest absolute Gasteiger partial charge is 0.260 e. The van der Waals surface area contributed by atoms with Gasteiger partial charge in [0.2, 0.25) is 0 Å². The van der Waals surface area contributed by atoms with E-state index in [4.69, 9.17) is 0 Å². The highest BCUT2D eigenvalue weighted by Gasteiger charge is 2.30. The number of imidazole rings is 1. The Bertz CT molecular complexity index is 710. The van der Waals surface area contributed by atoms with Crippen molar-refractivity contribution in [1.29, 1.82) is 0 Å². The first kappa shape index (κ1) is 16.6. The van der Waals surface area contributed by atoms with Crippen molar-refractivity contribution in [3.8, 4) is 0 Å². The molecule has 0 fully saturated rings. The van der Waals surface area contributed by atoms with Crippen molar-refractivity contribution >= 4 is 10.0 Å². The monoisotopic (exact) mass is 322 g/mol. The van der Waals surface area contributed by atoms with E-state index in [9.17, 15) is 8.42 Å². The number of hydrogen-bond acceptors (Lipinski definition) is 4. The lowest BCUT2D eigenvalue weighted by atomic mass is 10.1. The number of hydrogen-bond donors (Lipinski definition) is 1. The fourth-order valence-corrected chi connectivity index (χ4v) is 3.86. The van der Waals surface area contributed by atoms with Crippen molar-refractivity contribution in [2.45, 2.75) is 44.7 Å². The maximum Gasteiger partial charge on any atom is 0.260 e. The van der Waals surface area contributed by atoms with Crippen LogP contribution in [-0.4, -0.2) is 34.2 Å². The number of nitrogens with one attached hydrogen (secondary N) is 1. The first-order valence-corrected chi connectivity index (χ1v) is 8.78. The van der Waals surface area contributed by atoms with Crippen LogP contribution in [0.5, 0.6) is 0 Å². The second-order valence-electron chi connectivity index (χ2n) is 5.46. The minimum Gasteiger partial charge on any atom is -0.332 e. The van der Waals surface area contributed by atoms with Crippen LogP contribution in [0.1, 0.15) is 51.0 Å². The fourth-order valence-electron chi connectivity index (χ4n) is 2.31. The summed E-state index contributed by atoms with van der Waals surface area (Å²) in [4.78, 5) is 11.1. The van der Waals surface area contributed by atoms with Gasteiger partial charge in [0.05, 0.1) is 6.20 Å². The van der Waals surface area contributed by atoms with Gasteiger partial charge in [-0.1, -0.05) is 26.8 Å². The number of rotatable bonds is 6. The van der Waals surface area contributed by atoms with Crippen LogP contribution in [0.3, 0.4) is 0 Å². The molecule has 0 aliphatic heterocycles. The van der Waals surface area contributed by atoms with Crippen molar-refractivity contribution in [3.63, 3.8) is 0 Å². The second-order valence-corrected chi connectivity index (χ2v) is 7.32. The Morgan fingerprint density at radius 3 is 2.50 bits per heavy atom. The summed E-state index contributed by atoms with van der Waals surface area (Å²) in [5.74, 6) is 0.818. The van der Waals surface area contributed by atoms with Crippen molar-refractivity contribution in [3.05, 3.63) is 42.1 Å². The van der Waals surface area contributed by atoms with E-state index in [0.717, 1.165) is 5.56 Å². The Morgan fingerprint density at radius 2 is 2.00 bits per heavy atom. The van der Waals surface area contributed by atoms with Gasteiger partial charge < -0.3 is 4.98 Å². The van der Waals surface area contributed by atoms with E-state index in [2.05, 4.69) is 15.0 Å². The van der Waals surface area contributed by atoms with Crippen LogP contribution in [-0.2, 0) is 10.0 Å². The zero-order chi connectivity index (χ0) is 16.3. The van der Waals surface area contributed by atoms with Gasteiger partial charge in [-0.2, -0.15) is 4.31 Å². The fraction of sp³-hybridized carbons (Fsp3) is 0.467. The van der Waals surface area contributed by atoms with Crippen molar-refractivity contribution < 1.29 is 8.42 Å². The molecule has 6 nitrogen and oxygen atoms in total. The van der Waals surface area contributed by atoms with E-state index in [0.29, 0.717) is 12.4 Å². The molecule has 0 aromatic carbocycles. The highest BCUT2D eigenvalue weighted by Crippen LogP contribution is 2.26. The van der Waals surface area contributed by atoms with Crippen molar-refractivity contribution in [2.75, 3.05) is 6.54 Å². The molecular weight excluding hydrogens is 300 g/mol. The zero-order valence-electron chi connectivity index (χ0n) is 13.3. The summed E-state index contributed by atoms with van der Waals surface area (Å²) < 4.78 is 27.1. The molecule has 22 heavy (non-hydrogen) atoms. The highest BCUT2D eigenvalue weighted by molar-refractivity contribution is 7.89. The van der Waals surface area contributed by atoms with Crippen LogP contribution >= 0.6 is 0 Å². The number of aromatic nitrogens is 3. The summed E-state index contributed by atoms with van der Waals surface area (Å²) in [5.41, 5.74) is 0.858. The predicted octanol–water partition coefficient (Wildman–Crippen LogP) is 2.70. The molecular formula is C15H22N4O2S. The maximum atomic E-state index is 12.8. The lowest BCUT2D eigenvalue weighted by Gasteiger charge is -2.26. The number of H-pyrrole nitrogens is 1. The van der Waals surface area contributed by atoms with Gasteiger partial charge in [-0.3, -0.25) is 4.98 Å². The van der Waals surface area contributed by atoms with E-state index < -0.39 is 10.0 Å². The molecule has 0 radical (unpaired) electrons. The topological polar surface area (TPSA) is 79.0 Å². The second kappa shape index (κ2) is 6.58. The maximum absolute atomic E-state index is 12.8. The first-order chi connectivity index (χ1) is 10.4. The van der Waals surface area contributed by atoms with Crippen LogP contribution < -0.4 is 0 Å². The van der Waals surface area contributed by atoms with Gasteiger partial charge in [0.1, 0.15) is 5.82 Å². The quantitative estimate of drug-likeness (QED) is 0.887. The number of aromatic amines is 1. The third-order valence-electron chi connectivity index (χ3n) is 3.62. The van der Waals surface area contributed by atoms with Crippen molar-refractivity contribution in [1.82, 2.24) is 19.3 Å². The molecule has 0 unspecified atom stereocenters. The third kappa shape index (κ3) is 3.20. The van der Waals surface area contributed by atoms with Crippen LogP contribution in [0, 0.1) is 0 Å².